The van der Waals surface area contributed by atoms with E-state index in [0.29, 0.717) is 12.1 Å². The maximum atomic E-state index is 11.1. The van der Waals surface area contributed by atoms with Crippen molar-refractivity contribution >= 4 is 17.3 Å². The Kier molecular flexibility index (Phi) is 5.56. The first kappa shape index (κ1) is 17.3. The van der Waals surface area contributed by atoms with Crippen LogP contribution in [0.5, 0.6) is 0 Å². The molecular weight excluding hydrogens is 314 g/mol. The van der Waals surface area contributed by atoms with Gasteiger partial charge in [0.25, 0.3) is 0 Å². The molecule has 0 radical (unpaired) electrons. The summed E-state index contributed by atoms with van der Waals surface area (Å²) in [6.07, 6.45) is 0. The molecule has 0 aromatic heterocycles. The zero-order valence-electron chi connectivity index (χ0n) is 14.6. The summed E-state index contributed by atoms with van der Waals surface area (Å²) < 4.78 is 0. The molecular formula is C20H25N3O2. The molecule has 132 valence electrons. The first-order valence-electron chi connectivity index (χ1n) is 8.79. The molecule has 1 saturated heterocycles. The van der Waals surface area contributed by atoms with Crippen LogP contribution in [0, 0.1) is 0 Å². The largest absolute Gasteiger partial charge is 0.478 e. The maximum Gasteiger partial charge on any atom is 0.335 e. The SMILES string of the molecule is CCN1CCN(c2cccc(NCc3cccc(C(=O)O)c3)c2)CC1. The fourth-order valence-electron chi connectivity index (χ4n) is 3.15. The van der Waals surface area contributed by atoms with Crippen LogP contribution < -0.4 is 10.2 Å². The van der Waals surface area contributed by atoms with E-state index in [9.17, 15) is 4.79 Å². The lowest BCUT2D eigenvalue weighted by Crippen LogP contribution is -2.46. The number of benzene rings is 2. The van der Waals surface area contributed by atoms with Gasteiger partial charge in [0.2, 0.25) is 0 Å². The summed E-state index contributed by atoms with van der Waals surface area (Å²) in [6, 6.07) is 15.5. The molecule has 2 aromatic rings. The number of nitrogens with zero attached hydrogens (tertiary/aromatic N) is 2. The van der Waals surface area contributed by atoms with Gasteiger partial charge >= 0.3 is 5.97 Å². The highest BCUT2D eigenvalue weighted by Gasteiger charge is 2.15. The van der Waals surface area contributed by atoms with Crippen molar-refractivity contribution in [2.45, 2.75) is 13.5 Å². The first-order chi connectivity index (χ1) is 12.2. The lowest BCUT2D eigenvalue weighted by Gasteiger charge is -2.35. The fraction of sp³-hybridized carbons (Fsp3) is 0.350. The van der Waals surface area contributed by atoms with Crippen molar-refractivity contribution in [2.75, 3.05) is 42.9 Å². The number of carbonyl (C=O) groups is 1. The Morgan fingerprint density at radius 3 is 2.56 bits per heavy atom. The number of piperazine rings is 1. The summed E-state index contributed by atoms with van der Waals surface area (Å²) in [5.41, 5.74) is 3.57. The highest BCUT2D eigenvalue weighted by atomic mass is 16.4. The van der Waals surface area contributed by atoms with Crippen LogP contribution >= 0.6 is 0 Å². The maximum absolute atomic E-state index is 11.1. The zero-order chi connectivity index (χ0) is 17.6. The van der Waals surface area contributed by atoms with Crippen molar-refractivity contribution < 1.29 is 9.90 Å². The molecule has 0 unspecified atom stereocenters. The molecule has 1 aliphatic rings. The molecule has 0 saturated carbocycles. The number of hydrogen-bond acceptors (Lipinski definition) is 4. The molecule has 2 aromatic carbocycles. The van der Waals surface area contributed by atoms with Crippen LogP contribution in [0.1, 0.15) is 22.8 Å². The zero-order valence-corrected chi connectivity index (χ0v) is 14.6. The summed E-state index contributed by atoms with van der Waals surface area (Å²) in [6.45, 7) is 8.25. The lowest BCUT2D eigenvalue weighted by atomic mass is 10.1. The molecule has 5 heteroatoms. The van der Waals surface area contributed by atoms with Crippen LogP contribution in [-0.2, 0) is 6.54 Å². The average Bonchev–Trinajstić information content (AvgIpc) is 2.67. The number of carboxylic acid groups (broad SMARTS) is 1. The Morgan fingerprint density at radius 2 is 1.84 bits per heavy atom. The van der Waals surface area contributed by atoms with Gasteiger partial charge in [-0.15, -0.1) is 0 Å². The van der Waals surface area contributed by atoms with E-state index in [1.165, 1.54) is 5.69 Å². The van der Waals surface area contributed by atoms with Crippen molar-refractivity contribution in [1.29, 1.82) is 0 Å². The monoisotopic (exact) mass is 339 g/mol. The Morgan fingerprint density at radius 1 is 1.08 bits per heavy atom. The quantitative estimate of drug-likeness (QED) is 0.847. The second-order valence-corrected chi connectivity index (χ2v) is 6.33. The molecule has 0 aliphatic carbocycles. The minimum atomic E-state index is -0.893. The molecule has 1 fully saturated rings. The summed E-state index contributed by atoms with van der Waals surface area (Å²) in [5, 5.41) is 12.5. The van der Waals surface area contributed by atoms with Gasteiger partial charge < -0.3 is 20.2 Å². The summed E-state index contributed by atoms with van der Waals surface area (Å²) in [4.78, 5) is 15.9. The van der Waals surface area contributed by atoms with Gasteiger partial charge in [0.1, 0.15) is 0 Å². The van der Waals surface area contributed by atoms with E-state index in [1.807, 2.05) is 12.1 Å². The second-order valence-electron chi connectivity index (χ2n) is 6.33. The normalized spacial score (nSPS) is 15.2. The molecule has 2 N–H and O–H groups in total. The minimum absolute atomic E-state index is 0.321. The van der Waals surface area contributed by atoms with Gasteiger partial charge in [-0.05, 0) is 42.4 Å². The van der Waals surface area contributed by atoms with Crippen LogP contribution in [0.25, 0.3) is 0 Å². The third kappa shape index (κ3) is 4.51. The van der Waals surface area contributed by atoms with E-state index in [-0.39, 0.29) is 0 Å². The smallest absolute Gasteiger partial charge is 0.335 e. The topological polar surface area (TPSA) is 55.8 Å². The van der Waals surface area contributed by atoms with Gasteiger partial charge in [0.05, 0.1) is 5.56 Å². The number of hydrogen-bond donors (Lipinski definition) is 2. The Balaban J connectivity index is 1.62. The van der Waals surface area contributed by atoms with Crippen LogP contribution in [0.2, 0.25) is 0 Å². The molecule has 0 spiro atoms. The molecule has 1 aliphatic heterocycles. The molecule has 0 bridgehead atoms. The van der Waals surface area contributed by atoms with Gasteiger partial charge in [0.15, 0.2) is 0 Å². The lowest BCUT2D eigenvalue weighted by molar-refractivity contribution is 0.0697. The second kappa shape index (κ2) is 8.03. The summed E-state index contributed by atoms with van der Waals surface area (Å²) in [7, 11) is 0. The third-order valence-corrected chi connectivity index (χ3v) is 4.70. The van der Waals surface area contributed by atoms with Crippen molar-refractivity contribution in [3.63, 3.8) is 0 Å². The third-order valence-electron chi connectivity index (χ3n) is 4.70. The van der Waals surface area contributed by atoms with E-state index < -0.39 is 5.97 Å². The van der Waals surface area contributed by atoms with Crippen LogP contribution in [0.15, 0.2) is 48.5 Å². The Hall–Kier alpha value is -2.53. The van der Waals surface area contributed by atoms with Crippen molar-refractivity contribution in [3.8, 4) is 0 Å². The Bertz CT molecular complexity index is 724. The number of aromatic carboxylic acids is 1. The van der Waals surface area contributed by atoms with Gasteiger partial charge in [-0.2, -0.15) is 0 Å². The molecule has 25 heavy (non-hydrogen) atoms. The van der Waals surface area contributed by atoms with E-state index >= 15 is 0 Å². The minimum Gasteiger partial charge on any atom is -0.478 e. The number of anilines is 2. The van der Waals surface area contributed by atoms with Gasteiger partial charge in [-0.1, -0.05) is 25.1 Å². The number of rotatable bonds is 6. The van der Waals surface area contributed by atoms with Gasteiger partial charge in [0, 0.05) is 44.1 Å². The molecule has 0 amide bonds. The van der Waals surface area contributed by atoms with E-state index in [2.05, 4.69) is 40.2 Å². The van der Waals surface area contributed by atoms with Gasteiger partial charge in [-0.3, -0.25) is 0 Å². The van der Waals surface area contributed by atoms with Crippen molar-refractivity contribution in [1.82, 2.24) is 4.90 Å². The fourth-order valence-corrected chi connectivity index (χ4v) is 3.15. The molecule has 1 heterocycles. The molecule has 0 atom stereocenters. The average molecular weight is 339 g/mol. The van der Waals surface area contributed by atoms with Crippen LogP contribution in [0.4, 0.5) is 11.4 Å². The van der Waals surface area contributed by atoms with Crippen LogP contribution in [0.3, 0.4) is 0 Å². The van der Waals surface area contributed by atoms with Crippen LogP contribution in [-0.4, -0.2) is 48.7 Å². The van der Waals surface area contributed by atoms with Gasteiger partial charge in [-0.25, -0.2) is 4.79 Å². The first-order valence-corrected chi connectivity index (χ1v) is 8.79. The van der Waals surface area contributed by atoms with E-state index in [0.717, 1.165) is 44.0 Å². The van der Waals surface area contributed by atoms with E-state index in [4.69, 9.17) is 5.11 Å². The predicted octanol–water partition coefficient (Wildman–Crippen LogP) is 3.14. The number of likely N-dealkylation sites (N-methyl/N-ethyl adjacent to an activating group) is 1. The summed E-state index contributed by atoms with van der Waals surface area (Å²) >= 11 is 0. The number of carboxylic acids is 1. The highest BCUT2D eigenvalue weighted by Crippen LogP contribution is 2.21. The van der Waals surface area contributed by atoms with E-state index in [1.54, 1.807) is 18.2 Å². The van der Waals surface area contributed by atoms with Crippen molar-refractivity contribution in [3.05, 3.63) is 59.7 Å². The predicted molar refractivity (Wildman–Crippen MR) is 101 cm³/mol. The Labute approximate surface area is 148 Å². The number of nitrogens with one attached hydrogen (secondary N) is 1. The molecule has 3 rings (SSSR count). The standard InChI is InChI=1S/C20H25N3O2/c1-2-22-9-11-23(12-10-22)19-8-4-7-18(14-19)21-15-16-5-3-6-17(13-16)20(24)25/h3-8,13-14,21H,2,9-12,15H2,1H3,(H,24,25). The summed E-state index contributed by atoms with van der Waals surface area (Å²) in [5.74, 6) is -0.893. The molecule has 5 nitrogen and oxygen atoms in total. The highest BCUT2D eigenvalue weighted by molar-refractivity contribution is 5.87. The van der Waals surface area contributed by atoms with Crippen molar-refractivity contribution in [2.24, 2.45) is 0 Å².